The maximum atomic E-state index is 12.2. The van der Waals surface area contributed by atoms with Gasteiger partial charge in [0.05, 0.1) is 0 Å². The first-order valence-corrected chi connectivity index (χ1v) is 5.27. The maximum absolute atomic E-state index is 12.2. The molecule has 0 bridgehead atoms. The molecular formula is C12H17F2NO. The number of alkyl halides is 2. The minimum absolute atomic E-state index is 0.283. The van der Waals surface area contributed by atoms with Crippen molar-refractivity contribution < 1.29 is 13.5 Å². The molecule has 1 rings (SSSR count). The number of nitrogens with one attached hydrogen (secondary N) is 1. The van der Waals surface area contributed by atoms with Gasteiger partial charge in [0, 0.05) is 18.2 Å². The molecule has 0 aliphatic rings. The minimum Gasteiger partial charge on any atom is -0.434 e. The van der Waals surface area contributed by atoms with E-state index in [0.29, 0.717) is 12.6 Å². The molecule has 0 atom stereocenters. The van der Waals surface area contributed by atoms with Crippen LogP contribution in [0.1, 0.15) is 25.0 Å². The van der Waals surface area contributed by atoms with Crippen molar-refractivity contribution in [1.29, 1.82) is 0 Å². The molecule has 16 heavy (non-hydrogen) atoms. The zero-order valence-electron chi connectivity index (χ0n) is 9.76. The van der Waals surface area contributed by atoms with Gasteiger partial charge in [0.1, 0.15) is 5.75 Å². The summed E-state index contributed by atoms with van der Waals surface area (Å²) in [5.74, 6) is 0.283. The topological polar surface area (TPSA) is 21.3 Å². The first-order chi connectivity index (χ1) is 7.50. The van der Waals surface area contributed by atoms with Gasteiger partial charge < -0.3 is 10.1 Å². The van der Waals surface area contributed by atoms with E-state index >= 15 is 0 Å². The Hall–Kier alpha value is -1.16. The van der Waals surface area contributed by atoms with Gasteiger partial charge in [-0.25, -0.2) is 0 Å². The van der Waals surface area contributed by atoms with Crippen LogP contribution < -0.4 is 10.1 Å². The van der Waals surface area contributed by atoms with Crippen LogP contribution >= 0.6 is 0 Å². The lowest BCUT2D eigenvalue weighted by Gasteiger charge is -2.15. The number of rotatable bonds is 5. The molecule has 0 saturated heterocycles. The zero-order valence-corrected chi connectivity index (χ0v) is 9.76. The van der Waals surface area contributed by atoms with Gasteiger partial charge in [-0.05, 0) is 12.5 Å². The van der Waals surface area contributed by atoms with Crippen molar-refractivity contribution in [3.8, 4) is 5.75 Å². The Morgan fingerprint density at radius 1 is 1.31 bits per heavy atom. The predicted molar refractivity (Wildman–Crippen MR) is 59.8 cm³/mol. The summed E-state index contributed by atoms with van der Waals surface area (Å²) in [6, 6.07) is 5.70. The van der Waals surface area contributed by atoms with Crippen molar-refractivity contribution in [2.75, 3.05) is 0 Å². The van der Waals surface area contributed by atoms with E-state index in [1.807, 2.05) is 19.9 Å². The molecule has 1 aromatic carbocycles. The van der Waals surface area contributed by atoms with Crippen LogP contribution in [-0.4, -0.2) is 12.7 Å². The third-order valence-corrected chi connectivity index (χ3v) is 2.20. The highest BCUT2D eigenvalue weighted by atomic mass is 19.3. The molecule has 2 nitrogen and oxygen atoms in total. The van der Waals surface area contributed by atoms with Crippen LogP contribution in [0.15, 0.2) is 18.2 Å². The number of halogens is 2. The summed E-state index contributed by atoms with van der Waals surface area (Å²) in [6.45, 7) is 3.52. The number of benzene rings is 1. The smallest absolute Gasteiger partial charge is 0.387 e. The molecule has 1 N–H and O–H groups in total. The standard InChI is InChI=1S/C12H17F2NO/c1-8(2)15-7-10-6-4-5-9(3)11(10)16-12(13)14/h4-6,8,12,15H,7H2,1-3H3. The molecule has 0 aliphatic heterocycles. The summed E-state index contributed by atoms with van der Waals surface area (Å²) >= 11 is 0. The molecule has 0 unspecified atom stereocenters. The van der Waals surface area contributed by atoms with Crippen LogP contribution in [0.25, 0.3) is 0 Å². The predicted octanol–water partition coefficient (Wildman–Crippen LogP) is 3.09. The van der Waals surface area contributed by atoms with Crippen LogP contribution in [-0.2, 0) is 6.54 Å². The molecule has 0 amide bonds. The van der Waals surface area contributed by atoms with E-state index < -0.39 is 6.61 Å². The van der Waals surface area contributed by atoms with Crippen LogP contribution in [0.3, 0.4) is 0 Å². The van der Waals surface area contributed by atoms with E-state index in [9.17, 15) is 8.78 Å². The summed E-state index contributed by atoms with van der Waals surface area (Å²) in [4.78, 5) is 0. The number of aryl methyl sites for hydroxylation is 1. The normalized spacial score (nSPS) is 11.2. The Kier molecular flexibility index (Phi) is 4.68. The fourth-order valence-corrected chi connectivity index (χ4v) is 1.42. The number of hydrogen-bond acceptors (Lipinski definition) is 2. The summed E-state index contributed by atoms with van der Waals surface area (Å²) in [6.07, 6.45) is 0. The van der Waals surface area contributed by atoms with E-state index in [0.717, 1.165) is 11.1 Å². The Balaban J connectivity index is 2.85. The third kappa shape index (κ3) is 3.77. The summed E-state index contributed by atoms with van der Waals surface area (Å²) in [5.41, 5.74) is 1.48. The van der Waals surface area contributed by atoms with Gasteiger partial charge in [0.15, 0.2) is 0 Å². The summed E-state index contributed by atoms with van der Waals surface area (Å²) in [5, 5.41) is 3.18. The Morgan fingerprint density at radius 3 is 2.56 bits per heavy atom. The van der Waals surface area contributed by atoms with Crippen molar-refractivity contribution in [3.63, 3.8) is 0 Å². The van der Waals surface area contributed by atoms with Crippen LogP contribution in [0.5, 0.6) is 5.75 Å². The molecule has 4 heteroatoms. The highest BCUT2D eigenvalue weighted by Crippen LogP contribution is 2.25. The molecule has 0 aromatic heterocycles. The average molecular weight is 229 g/mol. The molecule has 0 heterocycles. The monoisotopic (exact) mass is 229 g/mol. The fraction of sp³-hybridized carbons (Fsp3) is 0.500. The summed E-state index contributed by atoms with van der Waals surface area (Å²) in [7, 11) is 0. The molecule has 0 saturated carbocycles. The van der Waals surface area contributed by atoms with E-state index in [1.165, 1.54) is 0 Å². The molecule has 0 fully saturated rings. The first-order valence-electron chi connectivity index (χ1n) is 5.27. The van der Waals surface area contributed by atoms with Crippen molar-refractivity contribution in [2.24, 2.45) is 0 Å². The molecule has 0 aliphatic carbocycles. The van der Waals surface area contributed by atoms with Crippen molar-refractivity contribution >= 4 is 0 Å². The lowest BCUT2D eigenvalue weighted by atomic mass is 10.1. The highest BCUT2D eigenvalue weighted by Gasteiger charge is 2.12. The third-order valence-electron chi connectivity index (χ3n) is 2.20. The van der Waals surface area contributed by atoms with Crippen molar-refractivity contribution in [2.45, 2.75) is 40.0 Å². The van der Waals surface area contributed by atoms with E-state index in [1.54, 1.807) is 19.1 Å². The van der Waals surface area contributed by atoms with Crippen LogP contribution in [0, 0.1) is 6.92 Å². The van der Waals surface area contributed by atoms with Gasteiger partial charge >= 0.3 is 6.61 Å². The quantitative estimate of drug-likeness (QED) is 0.837. The van der Waals surface area contributed by atoms with Gasteiger partial charge in [0.25, 0.3) is 0 Å². The van der Waals surface area contributed by atoms with E-state index in [-0.39, 0.29) is 5.75 Å². The molecule has 1 aromatic rings. The first kappa shape index (κ1) is 12.9. The molecule has 0 spiro atoms. The second-order valence-electron chi connectivity index (χ2n) is 3.98. The molecule has 90 valence electrons. The highest BCUT2D eigenvalue weighted by molar-refractivity contribution is 5.40. The fourth-order valence-electron chi connectivity index (χ4n) is 1.42. The van der Waals surface area contributed by atoms with Crippen LogP contribution in [0.2, 0.25) is 0 Å². The van der Waals surface area contributed by atoms with E-state index in [4.69, 9.17) is 0 Å². The lowest BCUT2D eigenvalue weighted by Crippen LogP contribution is -2.22. The Morgan fingerprint density at radius 2 is 2.00 bits per heavy atom. The minimum atomic E-state index is -2.78. The number of ether oxygens (including phenoxy) is 1. The number of para-hydroxylation sites is 1. The van der Waals surface area contributed by atoms with Gasteiger partial charge in [-0.3, -0.25) is 0 Å². The molecule has 0 radical (unpaired) electrons. The Labute approximate surface area is 94.6 Å². The van der Waals surface area contributed by atoms with Gasteiger partial charge in [-0.2, -0.15) is 8.78 Å². The lowest BCUT2D eigenvalue weighted by molar-refractivity contribution is -0.0509. The van der Waals surface area contributed by atoms with Crippen molar-refractivity contribution in [3.05, 3.63) is 29.3 Å². The largest absolute Gasteiger partial charge is 0.434 e. The average Bonchev–Trinajstić information content (AvgIpc) is 2.18. The van der Waals surface area contributed by atoms with E-state index in [2.05, 4.69) is 10.1 Å². The molecular weight excluding hydrogens is 212 g/mol. The van der Waals surface area contributed by atoms with Gasteiger partial charge in [0.2, 0.25) is 0 Å². The van der Waals surface area contributed by atoms with Gasteiger partial charge in [-0.1, -0.05) is 32.0 Å². The van der Waals surface area contributed by atoms with Crippen LogP contribution in [0.4, 0.5) is 8.78 Å². The number of hydrogen-bond donors (Lipinski definition) is 1. The zero-order chi connectivity index (χ0) is 12.1. The van der Waals surface area contributed by atoms with Crippen molar-refractivity contribution in [1.82, 2.24) is 5.32 Å². The summed E-state index contributed by atoms with van der Waals surface area (Å²) < 4.78 is 29.0. The SMILES string of the molecule is Cc1cccc(CNC(C)C)c1OC(F)F. The Bertz CT molecular complexity index is 340. The maximum Gasteiger partial charge on any atom is 0.387 e. The second kappa shape index (κ2) is 5.80. The second-order valence-corrected chi connectivity index (χ2v) is 3.98. The van der Waals surface area contributed by atoms with Gasteiger partial charge in [-0.15, -0.1) is 0 Å².